The molecule has 0 radical (unpaired) electrons. The third-order valence-corrected chi connectivity index (χ3v) is 3.16. The van der Waals surface area contributed by atoms with Crippen LogP contribution in [0.15, 0.2) is 48.5 Å². The predicted molar refractivity (Wildman–Crippen MR) is 80.6 cm³/mol. The van der Waals surface area contributed by atoms with Gasteiger partial charge in [-0.15, -0.1) is 0 Å². The highest BCUT2D eigenvalue weighted by Crippen LogP contribution is 2.16. The number of primary amides is 1. The van der Waals surface area contributed by atoms with Crippen molar-refractivity contribution in [3.05, 3.63) is 65.2 Å². The molecular formula is C17H17NO3. The van der Waals surface area contributed by atoms with Gasteiger partial charge >= 0.3 is 0 Å². The zero-order chi connectivity index (χ0) is 15.4. The highest BCUT2D eigenvalue weighted by atomic mass is 16.5. The van der Waals surface area contributed by atoms with Gasteiger partial charge in [-0.05, 0) is 38.1 Å². The molecular weight excluding hydrogens is 266 g/mol. The van der Waals surface area contributed by atoms with E-state index in [1.807, 2.05) is 19.1 Å². The fourth-order valence-electron chi connectivity index (χ4n) is 1.91. The number of rotatable bonds is 5. The Bertz CT molecular complexity index is 645. The van der Waals surface area contributed by atoms with Crippen LogP contribution in [0.4, 0.5) is 0 Å². The topological polar surface area (TPSA) is 69.4 Å². The lowest BCUT2D eigenvalue weighted by Crippen LogP contribution is -2.24. The van der Waals surface area contributed by atoms with Crippen LogP contribution in [-0.2, 0) is 0 Å². The smallest absolute Gasteiger partial charge is 0.248 e. The Labute approximate surface area is 123 Å². The van der Waals surface area contributed by atoms with Crippen molar-refractivity contribution in [2.24, 2.45) is 5.73 Å². The third-order valence-electron chi connectivity index (χ3n) is 3.16. The molecule has 1 unspecified atom stereocenters. The largest absolute Gasteiger partial charge is 0.483 e. The van der Waals surface area contributed by atoms with Gasteiger partial charge in [0, 0.05) is 11.1 Å². The normalized spacial score (nSPS) is 11.7. The van der Waals surface area contributed by atoms with Gasteiger partial charge in [0.05, 0.1) is 0 Å². The van der Waals surface area contributed by atoms with E-state index in [1.54, 1.807) is 43.3 Å². The highest BCUT2D eigenvalue weighted by Gasteiger charge is 2.16. The molecule has 0 bridgehead atoms. The molecule has 0 fully saturated rings. The third kappa shape index (κ3) is 3.69. The molecule has 0 saturated heterocycles. The minimum absolute atomic E-state index is 0.0889. The number of aryl methyl sites for hydroxylation is 1. The fraction of sp³-hybridized carbons (Fsp3) is 0.176. The number of ketones is 1. The van der Waals surface area contributed by atoms with E-state index in [0.29, 0.717) is 16.9 Å². The zero-order valence-corrected chi connectivity index (χ0v) is 12.0. The molecule has 4 heteroatoms. The number of nitrogens with two attached hydrogens (primary N) is 1. The van der Waals surface area contributed by atoms with Gasteiger partial charge < -0.3 is 10.5 Å². The summed E-state index contributed by atoms with van der Waals surface area (Å²) in [4.78, 5) is 23.2. The van der Waals surface area contributed by atoms with Gasteiger partial charge in [0.25, 0.3) is 0 Å². The van der Waals surface area contributed by atoms with Crippen molar-refractivity contribution in [3.8, 4) is 5.75 Å². The number of carbonyl (C=O) groups is 2. The Balaban J connectivity index is 2.06. The molecule has 0 heterocycles. The van der Waals surface area contributed by atoms with Gasteiger partial charge in [0.2, 0.25) is 11.7 Å². The molecule has 0 aromatic heterocycles. The summed E-state index contributed by atoms with van der Waals surface area (Å²) >= 11 is 0. The first kappa shape index (κ1) is 14.8. The standard InChI is InChI=1S/C17H17NO3/c1-11-3-5-13(6-4-11)16(19)12(2)21-15-9-7-14(8-10-15)17(18)20/h3-10,12H,1-2H3,(H2,18,20). The van der Waals surface area contributed by atoms with Crippen molar-refractivity contribution in [3.63, 3.8) is 0 Å². The minimum Gasteiger partial charge on any atom is -0.483 e. The average Bonchev–Trinajstić information content (AvgIpc) is 2.47. The van der Waals surface area contributed by atoms with E-state index in [2.05, 4.69) is 0 Å². The lowest BCUT2D eigenvalue weighted by atomic mass is 10.1. The molecule has 0 saturated carbocycles. The van der Waals surface area contributed by atoms with Crippen molar-refractivity contribution in [2.45, 2.75) is 20.0 Å². The summed E-state index contributed by atoms with van der Waals surface area (Å²) in [7, 11) is 0. The number of Topliss-reactive ketones (excluding diaryl/α,β-unsaturated/α-hetero) is 1. The molecule has 2 aromatic rings. The second-order valence-electron chi connectivity index (χ2n) is 4.88. The van der Waals surface area contributed by atoms with Crippen molar-refractivity contribution in [2.75, 3.05) is 0 Å². The quantitative estimate of drug-likeness (QED) is 0.858. The summed E-state index contributed by atoms with van der Waals surface area (Å²) < 4.78 is 5.59. The summed E-state index contributed by atoms with van der Waals surface area (Å²) in [5.41, 5.74) is 7.28. The summed E-state index contributed by atoms with van der Waals surface area (Å²) in [5.74, 6) is -0.0627. The van der Waals surface area contributed by atoms with Crippen molar-refractivity contribution < 1.29 is 14.3 Å². The maximum atomic E-state index is 12.2. The maximum absolute atomic E-state index is 12.2. The first-order valence-electron chi connectivity index (χ1n) is 6.65. The van der Waals surface area contributed by atoms with E-state index < -0.39 is 12.0 Å². The Morgan fingerprint density at radius 3 is 2.00 bits per heavy atom. The van der Waals surface area contributed by atoms with E-state index in [1.165, 1.54) is 0 Å². The van der Waals surface area contributed by atoms with Gasteiger partial charge in [-0.25, -0.2) is 0 Å². The number of hydrogen-bond acceptors (Lipinski definition) is 3. The van der Waals surface area contributed by atoms with Crippen LogP contribution in [0.25, 0.3) is 0 Å². The van der Waals surface area contributed by atoms with Crippen LogP contribution >= 0.6 is 0 Å². The molecule has 1 atom stereocenters. The number of ether oxygens (including phenoxy) is 1. The predicted octanol–water partition coefficient (Wildman–Crippen LogP) is 2.74. The first-order chi connectivity index (χ1) is 9.97. The molecule has 0 spiro atoms. The van der Waals surface area contributed by atoms with Crippen LogP contribution < -0.4 is 10.5 Å². The van der Waals surface area contributed by atoms with Crippen LogP contribution in [0.3, 0.4) is 0 Å². The molecule has 1 amide bonds. The Hall–Kier alpha value is -2.62. The first-order valence-corrected chi connectivity index (χ1v) is 6.65. The van der Waals surface area contributed by atoms with Gasteiger partial charge in [-0.1, -0.05) is 29.8 Å². The van der Waals surface area contributed by atoms with E-state index in [-0.39, 0.29) is 5.78 Å². The molecule has 0 aliphatic rings. The van der Waals surface area contributed by atoms with Crippen molar-refractivity contribution in [1.82, 2.24) is 0 Å². The number of benzene rings is 2. The van der Waals surface area contributed by atoms with Crippen LogP contribution in [-0.4, -0.2) is 17.8 Å². The summed E-state index contributed by atoms with van der Waals surface area (Å²) in [6, 6.07) is 13.7. The van der Waals surface area contributed by atoms with Crippen molar-refractivity contribution in [1.29, 1.82) is 0 Å². The minimum atomic E-state index is -0.605. The SMILES string of the molecule is Cc1ccc(C(=O)C(C)Oc2ccc(C(N)=O)cc2)cc1. The molecule has 0 aliphatic heterocycles. The molecule has 2 aromatic carbocycles. The summed E-state index contributed by atoms with van der Waals surface area (Å²) in [6.07, 6.45) is -0.605. The summed E-state index contributed by atoms with van der Waals surface area (Å²) in [6.45, 7) is 3.67. The van der Waals surface area contributed by atoms with Crippen LogP contribution in [0.1, 0.15) is 33.2 Å². The van der Waals surface area contributed by atoms with E-state index in [4.69, 9.17) is 10.5 Å². The van der Waals surface area contributed by atoms with E-state index >= 15 is 0 Å². The number of amides is 1. The van der Waals surface area contributed by atoms with Crippen LogP contribution in [0, 0.1) is 6.92 Å². The lowest BCUT2D eigenvalue weighted by Gasteiger charge is -2.14. The van der Waals surface area contributed by atoms with Gasteiger partial charge in [0.15, 0.2) is 6.10 Å². The highest BCUT2D eigenvalue weighted by molar-refractivity contribution is 5.99. The second kappa shape index (κ2) is 6.22. The average molecular weight is 283 g/mol. The molecule has 2 N–H and O–H groups in total. The second-order valence-corrected chi connectivity index (χ2v) is 4.88. The summed E-state index contributed by atoms with van der Waals surface area (Å²) in [5, 5.41) is 0. The zero-order valence-electron chi connectivity index (χ0n) is 12.0. The monoisotopic (exact) mass is 283 g/mol. The van der Waals surface area contributed by atoms with Crippen LogP contribution in [0.5, 0.6) is 5.75 Å². The van der Waals surface area contributed by atoms with Crippen molar-refractivity contribution >= 4 is 11.7 Å². The van der Waals surface area contributed by atoms with E-state index in [0.717, 1.165) is 5.56 Å². The Morgan fingerprint density at radius 1 is 0.952 bits per heavy atom. The van der Waals surface area contributed by atoms with Gasteiger partial charge in [0.1, 0.15) is 5.75 Å². The molecule has 21 heavy (non-hydrogen) atoms. The Kier molecular flexibility index (Phi) is 4.38. The number of carbonyl (C=O) groups excluding carboxylic acids is 2. The fourth-order valence-corrected chi connectivity index (χ4v) is 1.91. The number of hydrogen-bond donors (Lipinski definition) is 1. The van der Waals surface area contributed by atoms with Crippen LogP contribution in [0.2, 0.25) is 0 Å². The molecule has 4 nitrogen and oxygen atoms in total. The van der Waals surface area contributed by atoms with Gasteiger partial charge in [-0.2, -0.15) is 0 Å². The van der Waals surface area contributed by atoms with E-state index in [9.17, 15) is 9.59 Å². The molecule has 108 valence electrons. The maximum Gasteiger partial charge on any atom is 0.248 e. The molecule has 0 aliphatic carbocycles. The van der Waals surface area contributed by atoms with Gasteiger partial charge in [-0.3, -0.25) is 9.59 Å². The molecule has 2 rings (SSSR count). The lowest BCUT2D eigenvalue weighted by molar-refractivity contribution is 0.0817. The Morgan fingerprint density at radius 2 is 1.48 bits per heavy atom.